The molecule has 3 N–H and O–H groups in total. The van der Waals surface area contributed by atoms with Crippen LogP contribution >= 0.6 is 0 Å². The zero-order chi connectivity index (χ0) is 14.1. The molecule has 20 heavy (non-hydrogen) atoms. The number of piperazine rings is 1. The zero-order valence-corrected chi connectivity index (χ0v) is 11.9. The number of urea groups is 1. The average Bonchev–Trinajstić information content (AvgIpc) is 2.83. The van der Waals surface area contributed by atoms with Crippen LogP contribution in [0, 0.1) is 6.92 Å². The Hall–Kier alpha value is -1.59. The number of nitrogens with two attached hydrogens (primary N) is 1. The molecule has 0 radical (unpaired) electrons. The number of benzene rings is 1. The number of hydrogen-bond acceptors (Lipinski definition) is 3. The van der Waals surface area contributed by atoms with Crippen LogP contribution in [0.4, 0.5) is 4.79 Å². The first kappa shape index (κ1) is 13.4. The number of nitrogens with one attached hydrogen (secondary N) is 1. The van der Waals surface area contributed by atoms with Crippen LogP contribution in [0.5, 0.6) is 0 Å². The van der Waals surface area contributed by atoms with Gasteiger partial charge in [0.1, 0.15) is 0 Å². The maximum Gasteiger partial charge on any atom is 0.317 e. The molecule has 2 saturated heterocycles. The first-order valence-corrected chi connectivity index (χ1v) is 7.25. The van der Waals surface area contributed by atoms with Gasteiger partial charge in [0.25, 0.3) is 0 Å². The van der Waals surface area contributed by atoms with Gasteiger partial charge >= 0.3 is 6.03 Å². The van der Waals surface area contributed by atoms with Crippen LogP contribution in [0.25, 0.3) is 0 Å². The SMILES string of the molecule is Cc1ccccc1C(CN)N1CCN2C(=O)NCC2C1. The van der Waals surface area contributed by atoms with E-state index in [-0.39, 0.29) is 18.1 Å². The first-order valence-electron chi connectivity index (χ1n) is 7.25. The van der Waals surface area contributed by atoms with Crippen molar-refractivity contribution in [1.82, 2.24) is 15.1 Å². The molecular weight excluding hydrogens is 252 g/mol. The van der Waals surface area contributed by atoms with Gasteiger partial charge in [-0.15, -0.1) is 0 Å². The molecule has 2 atom stereocenters. The van der Waals surface area contributed by atoms with Crippen molar-refractivity contribution in [3.05, 3.63) is 35.4 Å². The van der Waals surface area contributed by atoms with Crippen molar-refractivity contribution in [2.75, 3.05) is 32.7 Å². The van der Waals surface area contributed by atoms with Crippen molar-refractivity contribution in [1.29, 1.82) is 0 Å². The normalized spacial score (nSPS) is 24.4. The summed E-state index contributed by atoms with van der Waals surface area (Å²) in [6.45, 7) is 6.07. The van der Waals surface area contributed by atoms with Gasteiger partial charge in [-0.3, -0.25) is 4.90 Å². The van der Waals surface area contributed by atoms with Gasteiger partial charge in [0.05, 0.1) is 6.04 Å². The fraction of sp³-hybridized carbons (Fsp3) is 0.533. The molecular formula is C15H22N4O. The standard InChI is InChI=1S/C15H22N4O/c1-11-4-2-3-5-13(11)14(8-16)18-6-7-19-12(10-18)9-17-15(19)20/h2-5,12,14H,6-10,16H2,1H3,(H,17,20). The molecule has 5 nitrogen and oxygen atoms in total. The highest BCUT2D eigenvalue weighted by molar-refractivity contribution is 5.77. The third kappa shape index (κ3) is 2.27. The largest absolute Gasteiger partial charge is 0.336 e. The number of carbonyl (C=O) groups is 1. The van der Waals surface area contributed by atoms with E-state index in [2.05, 4.69) is 41.4 Å². The van der Waals surface area contributed by atoms with E-state index in [9.17, 15) is 4.79 Å². The minimum Gasteiger partial charge on any atom is -0.336 e. The minimum absolute atomic E-state index is 0.0786. The summed E-state index contributed by atoms with van der Waals surface area (Å²) in [6, 6.07) is 9.04. The van der Waals surface area contributed by atoms with Crippen LogP contribution in [0.2, 0.25) is 0 Å². The molecule has 2 heterocycles. The predicted octanol–water partition coefficient (Wildman–Crippen LogP) is 0.704. The summed E-state index contributed by atoms with van der Waals surface area (Å²) >= 11 is 0. The molecule has 1 aromatic rings. The Morgan fingerprint density at radius 2 is 2.20 bits per heavy atom. The van der Waals surface area contributed by atoms with Gasteiger partial charge in [-0.2, -0.15) is 0 Å². The van der Waals surface area contributed by atoms with Crippen LogP contribution in [0.1, 0.15) is 17.2 Å². The summed E-state index contributed by atoms with van der Waals surface area (Å²) in [5, 5.41) is 2.92. The third-order valence-corrected chi connectivity index (χ3v) is 4.48. The van der Waals surface area contributed by atoms with E-state index >= 15 is 0 Å². The van der Waals surface area contributed by atoms with Crippen LogP contribution in [0.15, 0.2) is 24.3 Å². The Bertz CT molecular complexity index is 504. The van der Waals surface area contributed by atoms with E-state index in [1.165, 1.54) is 11.1 Å². The summed E-state index contributed by atoms with van der Waals surface area (Å²) in [7, 11) is 0. The molecule has 108 valence electrons. The molecule has 2 unspecified atom stereocenters. The summed E-state index contributed by atoms with van der Waals surface area (Å²) in [6.07, 6.45) is 0. The van der Waals surface area contributed by atoms with Crippen LogP contribution < -0.4 is 11.1 Å². The Balaban J connectivity index is 1.78. The number of hydrogen-bond donors (Lipinski definition) is 2. The van der Waals surface area contributed by atoms with Crippen molar-refractivity contribution in [2.45, 2.75) is 19.0 Å². The van der Waals surface area contributed by atoms with E-state index < -0.39 is 0 Å². The van der Waals surface area contributed by atoms with E-state index in [0.29, 0.717) is 6.54 Å². The molecule has 0 aromatic heterocycles. The fourth-order valence-corrected chi connectivity index (χ4v) is 3.34. The lowest BCUT2D eigenvalue weighted by atomic mass is 9.98. The Labute approximate surface area is 119 Å². The number of nitrogens with zero attached hydrogens (tertiary/aromatic N) is 2. The predicted molar refractivity (Wildman–Crippen MR) is 78.4 cm³/mol. The van der Waals surface area contributed by atoms with Crippen molar-refractivity contribution < 1.29 is 4.79 Å². The molecule has 2 aliphatic heterocycles. The molecule has 5 heteroatoms. The van der Waals surface area contributed by atoms with Crippen molar-refractivity contribution in [2.24, 2.45) is 5.73 Å². The molecule has 0 spiro atoms. The lowest BCUT2D eigenvalue weighted by Gasteiger charge is -2.41. The second-order valence-electron chi connectivity index (χ2n) is 5.64. The maximum atomic E-state index is 11.7. The number of carbonyl (C=O) groups excluding carboxylic acids is 1. The van der Waals surface area contributed by atoms with Crippen LogP contribution in [-0.4, -0.2) is 54.6 Å². The molecule has 0 aliphatic carbocycles. The van der Waals surface area contributed by atoms with E-state index in [1.54, 1.807) is 0 Å². The highest BCUT2D eigenvalue weighted by atomic mass is 16.2. The minimum atomic E-state index is 0.0786. The Morgan fingerprint density at radius 1 is 1.40 bits per heavy atom. The second kappa shape index (κ2) is 5.42. The van der Waals surface area contributed by atoms with Gasteiger partial charge in [0.2, 0.25) is 0 Å². The van der Waals surface area contributed by atoms with E-state index in [1.807, 2.05) is 4.90 Å². The quantitative estimate of drug-likeness (QED) is 0.853. The van der Waals surface area contributed by atoms with Gasteiger partial charge in [-0.1, -0.05) is 24.3 Å². The van der Waals surface area contributed by atoms with E-state index in [4.69, 9.17) is 5.73 Å². The molecule has 3 rings (SSSR count). The Morgan fingerprint density at radius 3 is 2.95 bits per heavy atom. The second-order valence-corrected chi connectivity index (χ2v) is 5.64. The number of rotatable bonds is 3. The van der Waals surface area contributed by atoms with Crippen molar-refractivity contribution in [3.63, 3.8) is 0 Å². The molecule has 0 saturated carbocycles. The molecule has 1 aromatic carbocycles. The molecule has 2 amide bonds. The number of fused-ring (bicyclic) bond motifs is 1. The molecule has 0 bridgehead atoms. The topological polar surface area (TPSA) is 61.6 Å². The lowest BCUT2D eigenvalue weighted by Crippen LogP contribution is -2.53. The fourth-order valence-electron chi connectivity index (χ4n) is 3.34. The summed E-state index contributed by atoms with van der Waals surface area (Å²) in [5.74, 6) is 0. The van der Waals surface area contributed by atoms with Crippen molar-refractivity contribution in [3.8, 4) is 0 Å². The third-order valence-electron chi connectivity index (χ3n) is 4.48. The van der Waals surface area contributed by atoms with Crippen LogP contribution in [-0.2, 0) is 0 Å². The first-order chi connectivity index (χ1) is 9.70. The van der Waals surface area contributed by atoms with Crippen molar-refractivity contribution >= 4 is 6.03 Å². The molecule has 2 aliphatic rings. The summed E-state index contributed by atoms with van der Waals surface area (Å²) in [5.41, 5.74) is 8.62. The van der Waals surface area contributed by atoms with Gasteiger partial charge in [-0.05, 0) is 18.1 Å². The monoisotopic (exact) mass is 274 g/mol. The van der Waals surface area contributed by atoms with E-state index in [0.717, 1.165) is 26.2 Å². The smallest absolute Gasteiger partial charge is 0.317 e. The summed E-state index contributed by atoms with van der Waals surface area (Å²) in [4.78, 5) is 16.0. The number of aryl methyl sites for hydroxylation is 1. The van der Waals surface area contributed by atoms with Crippen LogP contribution in [0.3, 0.4) is 0 Å². The highest BCUT2D eigenvalue weighted by Crippen LogP contribution is 2.26. The zero-order valence-electron chi connectivity index (χ0n) is 11.9. The maximum absolute atomic E-state index is 11.7. The van der Waals surface area contributed by atoms with Gasteiger partial charge in [0, 0.05) is 38.8 Å². The lowest BCUT2D eigenvalue weighted by molar-refractivity contribution is 0.0902. The van der Waals surface area contributed by atoms with Gasteiger partial charge in [-0.25, -0.2) is 4.79 Å². The average molecular weight is 274 g/mol. The number of amides is 2. The van der Waals surface area contributed by atoms with Gasteiger partial charge in [0.15, 0.2) is 0 Å². The Kier molecular flexibility index (Phi) is 3.63. The molecule has 2 fully saturated rings. The van der Waals surface area contributed by atoms with Gasteiger partial charge < -0.3 is 16.0 Å². The summed E-state index contributed by atoms with van der Waals surface area (Å²) < 4.78 is 0. The highest BCUT2D eigenvalue weighted by Gasteiger charge is 2.37.